The van der Waals surface area contributed by atoms with Crippen LogP contribution in [0.5, 0.6) is 0 Å². The molecular weight excluding hydrogens is 191 g/mol. The van der Waals surface area contributed by atoms with Crippen LogP contribution < -0.4 is 5.73 Å². The smallest absolute Gasteiger partial charge is 0.397 e. The molecule has 1 rings (SSSR count). The van der Waals surface area contributed by atoms with Crippen LogP contribution in [0.1, 0.15) is 5.56 Å². The first kappa shape index (κ1) is 9.19. The number of nitrogens with two attached hydrogens (primary N) is 1. The molecule has 65 valence electrons. The molecule has 2 N–H and O–H groups in total. The van der Waals surface area contributed by atoms with Crippen molar-refractivity contribution in [3.8, 4) is 0 Å². The second-order valence-corrected chi connectivity index (χ2v) is 2.54. The summed E-state index contributed by atoms with van der Waals surface area (Å²) >= 11 is 5.36. The lowest BCUT2D eigenvalue weighted by Crippen LogP contribution is -2.08. The maximum absolute atomic E-state index is 12.1. The van der Waals surface area contributed by atoms with Gasteiger partial charge in [-0.05, 0) is 18.2 Å². The molecule has 0 aliphatic heterocycles. The SMILES string of the molecule is Nc1c(Cl)c[c]cc1C(F)(F)F. The lowest BCUT2D eigenvalue weighted by Gasteiger charge is -2.09. The molecule has 1 aromatic rings. The van der Waals surface area contributed by atoms with Gasteiger partial charge in [0.25, 0.3) is 0 Å². The van der Waals surface area contributed by atoms with E-state index in [9.17, 15) is 13.2 Å². The molecule has 1 radical (unpaired) electrons. The van der Waals surface area contributed by atoms with E-state index in [4.69, 9.17) is 17.3 Å². The van der Waals surface area contributed by atoms with E-state index in [0.29, 0.717) is 0 Å². The van der Waals surface area contributed by atoms with Crippen LogP contribution in [0.25, 0.3) is 0 Å². The normalized spacial score (nSPS) is 11.7. The fraction of sp³-hybridized carbons (Fsp3) is 0.143. The minimum absolute atomic E-state index is 0.134. The summed E-state index contributed by atoms with van der Waals surface area (Å²) in [6, 6.07) is 4.20. The lowest BCUT2D eigenvalue weighted by molar-refractivity contribution is -0.136. The number of hydrogen-bond donors (Lipinski definition) is 1. The first-order valence-electron chi connectivity index (χ1n) is 2.95. The maximum atomic E-state index is 12.1. The summed E-state index contributed by atoms with van der Waals surface area (Å²) in [5.74, 6) is 0. The van der Waals surface area contributed by atoms with Gasteiger partial charge in [-0.15, -0.1) is 0 Å². The lowest BCUT2D eigenvalue weighted by atomic mass is 10.2. The summed E-state index contributed by atoms with van der Waals surface area (Å²) in [7, 11) is 0. The Kier molecular flexibility index (Phi) is 2.19. The Morgan fingerprint density at radius 2 is 1.92 bits per heavy atom. The molecule has 0 aliphatic rings. The highest BCUT2D eigenvalue weighted by molar-refractivity contribution is 6.33. The zero-order valence-electron chi connectivity index (χ0n) is 5.74. The first-order chi connectivity index (χ1) is 5.43. The molecule has 5 heteroatoms. The molecule has 0 aliphatic carbocycles. The number of rotatable bonds is 0. The summed E-state index contributed by atoms with van der Waals surface area (Å²) in [5, 5.41) is -0.134. The fourth-order valence-electron chi connectivity index (χ4n) is 0.717. The Morgan fingerprint density at radius 3 is 2.33 bits per heavy atom. The van der Waals surface area contributed by atoms with Gasteiger partial charge in [0.2, 0.25) is 0 Å². The van der Waals surface area contributed by atoms with Crippen molar-refractivity contribution in [1.82, 2.24) is 0 Å². The maximum Gasteiger partial charge on any atom is 0.418 e. The monoisotopic (exact) mass is 194 g/mol. The Balaban J connectivity index is 3.26. The number of anilines is 1. The van der Waals surface area contributed by atoms with Crippen LogP contribution in [0, 0.1) is 6.07 Å². The standard InChI is InChI=1S/C7H4ClF3N/c8-5-3-1-2-4(6(5)12)7(9,10)11/h2-3H,12H2. The van der Waals surface area contributed by atoms with E-state index in [1.807, 2.05) is 0 Å². The summed E-state index contributed by atoms with van der Waals surface area (Å²) < 4.78 is 36.2. The molecule has 1 nitrogen and oxygen atoms in total. The van der Waals surface area contributed by atoms with E-state index >= 15 is 0 Å². The first-order valence-corrected chi connectivity index (χ1v) is 3.33. The molecule has 0 fully saturated rings. The van der Waals surface area contributed by atoms with Crippen LogP contribution in [-0.2, 0) is 6.18 Å². The second kappa shape index (κ2) is 2.86. The van der Waals surface area contributed by atoms with Gasteiger partial charge in [-0.25, -0.2) is 0 Å². The molecular formula is C7H4ClF3N. The highest BCUT2D eigenvalue weighted by atomic mass is 35.5. The highest BCUT2D eigenvalue weighted by Gasteiger charge is 2.33. The van der Waals surface area contributed by atoms with Crippen molar-refractivity contribution in [2.75, 3.05) is 5.73 Å². The molecule has 1 aromatic carbocycles. The van der Waals surface area contributed by atoms with Gasteiger partial charge in [0.15, 0.2) is 0 Å². The molecule has 0 atom stereocenters. The quantitative estimate of drug-likeness (QED) is 0.632. The van der Waals surface area contributed by atoms with Gasteiger partial charge >= 0.3 is 6.18 Å². The average Bonchev–Trinajstić information content (AvgIpc) is 1.92. The molecule has 0 saturated heterocycles. The van der Waals surface area contributed by atoms with Crippen molar-refractivity contribution in [3.63, 3.8) is 0 Å². The summed E-state index contributed by atoms with van der Waals surface area (Å²) in [4.78, 5) is 0. The largest absolute Gasteiger partial charge is 0.418 e. The number of nitrogen functional groups attached to an aromatic ring is 1. The molecule has 0 amide bonds. The van der Waals surface area contributed by atoms with Gasteiger partial charge in [0.1, 0.15) is 0 Å². The van der Waals surface area contributed by atoms with E-state index in [1.165, 1.54) is 6.07 Å². The number of hydrogen-bond acceptors (Lipinski definition) is 1. The Labute approximate surface area is 71.9 Å². The topological polar surface area (TPSA) is 26.0 Å². The van der Waals surface area contributed by atoms with E-state index in [0.717, 1.165) is 6.07 Å². The second-order valence-electron chi connectivity index (χ2n) is 2.13. The van der Waals surface area contributed by atoms with E-state index in [1.54, 1.807) is 0 Å². The minimum Gasteiger partial charge on any atom is -0.397 e. The van der Waals surface area contributed by atoms with Crippen molar-refractivity contribution >= 4 is 17.3 Å². The molecule has 0 unspecified atom stereocenters. The third-order valence-corrected chi connectivity index (χ3v) is 1.60. The van der Waals surface area contributed by atoms with E-state index < -0.39 is 17.4 Å². The molecule has 0 aromatic heterocycles. The van der Waals surface area contributed by atoms with E-state index in [2.05, 4.69) is 6.07 Å². The number of halogens is 4. The Morgan fingerprint density at radius 1 is 1.33 bits per heavy atom. The molecule has 0 bridgehead atoms. The van der Waals surface area contributed by atoms with Crippen molar-refractivity contribution < 1.29 is 13.2 Å². The highest BCUT2D eigenvalue weighted by Crippen LogP contribution is 2.36. The summed E-state index contributed by atoms with van der Waals surface area (Å²) in [6.07, 6.45) is -4.47. The van der Waals surface area contributed by atoms with E-state index in [-0.39, 0.29) is 5.02 Å². The molecule has 0 spiro atoms. The average molecular weight is 195 g/mol. The molecule has 0 heterocycles. The predicted octanol–water partition coefficient (Wildman–Crippen LogP) is 2.74. The van der Waals surface area contributed by atoms with Crippen molar-refractivity contribution in [1.29, 1.82) is 0 Å². The van der Waals surface area contributed by atoms with Crippen LogP contribution in [-0.4, -0.2) is 0 Å². The van der Waals surface area contributed by atoms with Crippen LogP contribution in [0.2, 0.25) is 5.02 Å². The van der Waals surface area contributed by atoms with Crippen molar-refractivity contribution in [2.45, 2.75) is 6.18 Å². The van der Waals surface area contributed by atoms with Gasteiger partial charge in [0.05, 0.1) is 16.3 Å². The third kappa shape index (κ3) is 1.64. The van der Waals surface area contributed by atoms with Crippen LogP contribution >= 0.6 is 11.6 Å². The Hall–Kier alpha value is -0.900. The zero-order valence-corrected chi connectivity index (χ0v) is 6.50. The Bertz CT molecular complexity index is 295. The van der Waals surface area contributed by atoms with Gasteiger partial charge < -0.3 is 5.73 Å². The number of benzene rings is 1. The minimum atomic E-state index is -4.47. The summed E-state index contributed by atoms with van der Waals surface area (Å²) in [6.45, 7) is 0. The number of alkyl halides is 3. The van der Waals surface area contributed by atoms with Gasteiger partial charge in [0, 0.05) is 0 Å². The van der Waals surface area contributed by atoms with Crippen molar-refractivity contribution in [3.05, 3.63) is 28.8 Å². The van der Waals surface area contributed by atoms with Crippen molar-refractivity contribution in [2.24, 2.45) is 0 Å². The zero-order chi connectivity index (χ0) is 9.35. The van der Waals surface area contributed by atoms with Crippen LogP contribution in [0.3, 0.4) is 0 Å². The van der Waals surface area contributed by atoms with Crippen LogP contribution in [0.4, 0.5) is 18.9 Å². The predicted molar refractivity (Wildman–Crippen MR) is 39.7 cm³/mol. The van der Waals surface area contributed by atoms with Gasteiger partial charge in [-0.2, -0.15) is 13.2 Å². The molecule has 12 heavy (non-hydrogen) atoms. The van der Waals surface area contributed by atoms with Gasteiger partial charge in [-0.3, -0.25) is 0 Å². The summed E-state index contributed by atoms with van der Waals surface area (Å²) in [5.41, 5.74) is 3.69. The molecule has 0 saturated carbocycles. The van der Waals surface area contributed by atoms with Gasteiger partial charge in [-0.1, -0.05) is 11.6 Å². The fourth-order valence-corrected chi connectivity index (χ4v) is 0.882. The third-order valence-electron chi connectivity index (χ3n) is 1.29. The van der Waals surface area contributed by atoms with Crippen LogP contribution in [0.15, 0.2) is 12.1 Å².